The number of sulfonamides is 1. The minimum Gasteiger partial charge on any atom is -0.493 e. The molecule has 2 aromatic rings. The molecule has 1 aromatic heterocycles. The standard InChI is InChI=1S/C20H25N3O7S/c1-23(31(26,27)15-6-5-9-21-12-15)13-19(24)22-16(11-20(25)30-4)14-7-8-17(28-2)18(10-14)29-3/h5-10,12,16H,11,13H2,1-4H3,(H,22,24). The van der Waals surface area contributed by atoms with E-state index in [0.29, 0.717) is 17.1 Å². The smallest absolute Gasteiger partial charge is 0.307 e. The first-order valence-electron chi connectivity index (χ1n) is 9.17. The Labute approximate surface area is 181 Å². The predicted octanol–water partition coefficient (Wildman–Crippen LogP) is 1.14. The molecule has 0 aliphatic heterocycles. The van der Waals surface area contributed by atoms with Gasteiger partial charge in [0.15, 0.2) is 11.5 Å². The molecular weight excluding hydrogens is 426 g/mol. The van der Waals surface area contributed by atoms with E-state index in [2.05, 4.69) is 10.3 Å². The third-order valence-corrected chi connectivity index (χ3v) is 6.24. The molecule has 1 amide bonds. The van der Waals surface area contributed by atoms with Crippen molar-refractivity contribution in [1.82, 2.24) is 14.6 Å². The van der Waals surface area contributed by atoms with E-state index in [4.69, 9.17) is 14.2 Å². The van der Waals surface area contributed by atoms with Gasteiger partial charge in [0.25, 0.3) is 0 Å². The number of amides is 1. The lowest BCUT2D eigenvalue weighted by Gasteiger charge is -2.22. The zero-order valence-corrected chi connectivity index (χ0v) is 18.5. The first-order chi connectivity index (χ1) is 14.7. The van der Waals surface area contributed by atoms with Crippen molar-refractivity contribution >= 4 is 21.9 Å². The van der Waals surface area contributed by atoms with Crippen LogP contribution in [0.2, 0.25) is 0 Å². The Morgan fingerprint density at radius 3 is 2.42 bits per heavy atom. The van der Waals surface area contributed by atoms with Gasteiger partial charge in [0, 0.05) is 19.4 Å². The van der Waals surface area contributed by atoms with Gasteiger partial charge in [0.1, 0.15) is 4.90 Å². The van der Waals surface area contributed by atoms with E-state index in [-0.39, 0.29) is 11.3 Å². The molecule has 1 N–H and O–H groups in total. The Balaban J connectivity index is 2.21. The maximum atomic E-state index is 12.6. The lowest BCUT2D eigenvalue weighted by Crippen LogP contribution is -2.40. The number of aromatic nitrogens is 1. The number of rotatable bonds is 10. The second-order valence-electron chi connectivity index (χ2n) is 6.46. The van der Waals surface area contributed by atoms with Gasteiger partial charge >= 0.3 is 5.97 Å². The zero-order valence-electron chi connectivity index (χ0n) is 17.7. The van der Waals surface area contributed by atoms with Crippen molar-refractivity contribution in [3.05, 3.63) is 48.3 Å². The molecule has 10 nitrogen and oxygen atoms in total. The number of ether oxygens (including phenoxy) is 3. The van der Waals surface area contributed by atoms with Crippen molar-refractivity contribution < 1.29 is 32.2 Å². The highest BCUT2D eigenvalue weighted by molar-refractivity contribution is 7.89. The molecule has 1 atom stereocenters. The molecule has 0 aliphatic rings. The van der Waals surface area contributed by atoms with E-state index in [0.717, 1.165) is 4.31 Å². The van der Waals surface area contributed by atoms with Crippen LogP contribution in [0.25, 0.3) is 0 Å². The molecule has 1 aromatic carbocycles. The average Bonchev–Trinajstić information content (AvgIpc) is 2.78. The van der Waals surface area contributed by atoms with Crippen molar-refractivity contribution in [3.8, 4) is 11.5 Å². The molecule has 1 unspecified atom stereocenters. The third kappa shape index (κ3) is 6.15. The van der Waals surface area contributed by atoms with E-state index < -0.39 is 34.5 Å². The third-order valence-electron chi connectivity index (χ3n) is 4.45. The number of hydrogen-bond donors (Lipinski definition) is 1. The number of pyridine rings is 1. The number of hydrogen-bond acceptors (Lipinski definition) is 8. The lowest BCUT2D eigenvalue weighted by atomic mass is 10.0. The van der Waals surface area contributed by atoms with E-state index in [1.54, 1.807) is 18.2 Å². The van der Waals surface area contributed by atoms with Crippen LogP contribution in [0.1, 0.15) is 18.0 Å². The maximum Gasteiger partial charge on any atom is 0.307 e. The summed E-state index contributed by atoms with van der Waals surface area (Å²) in [5.74, 6) is -0.243. The molecule has 0 aliphatic carbocycles. The van der Waals surface area contributed by atoms with Crippen LogP contribution in [-0.2, 0) is 24.3 Å². The Morgan fingerprint density at radius 2 is 1.84 bits per heavy atom. The van der Waals surface area contributed by atoms with Crippen molar-refractivity contribution in [2.24, 2.45) is 0 Å². The van der Waals surface area contributed by atoms with E-state index in [1.165, 1.54) is 52.9 Å². The van der Waals surface area contributed by atoms with Crippen molar-refractivity contribution in [3.63, 3.8) is 0 Å². The summed E-state index contributed by atoms with van der Waals surface area (Å²) < 4.78 is 41.3. The van der Waals surface area contributed by atoms with Crippen LogP contribution in [0, 0.1) is 0 Å². The summed E-state index contributed by atoms with van der Waals surface area (Å²) in [5.41, 5.74) is 0.564. The molecule has 2 rings (SSSR count). The summed E-state index contributed by atoms with van der Waals surface area (Å²) in [4.78, 5) is 28.3. The fraction of sp³-hybridized carbons (Fsp3) is 0.350. The van der Waals surface area contributed by atoms with Crippen molar-refractivity contribution in [2.45, 2.75) is 17.4 Å². The van der Waals surface area contributed by atoms with Gasteiger partial charge in [-0.2, -0.15) is 4.31 Å². The Morgan fingerprint density at radius 1 is 1.13 bits per heavy atom. The van der Waals surface area contributed by atoms with Gasteiger partial charge in [-0.1, -0.05) is 6.07 Å². The fourth-order valence-corrected chi connectivity index (χ4v) is 3.87. The lowest BCUT2D eigenvalue weighted by molar-refractivity contribution is -0.141. The van der Waals surface area contributed by atoms with Gasteiger partial charge in [-0.15, -0.1) is 0 Å². The molecule has 0 fully saturated rings. The SMILES string of the molecule is COC(=O)CC(NC(=O)CN(C)S(=O)(=O)c1cccnc1)c1ccc(OC)c(OC)c1. The zero-order chi connectivity index (χ0) is 23.0. The number of carbonyl (C=O) groups excluding carboxylic acids is 2. The van der Waals surface area contributed by atoms with Crippen LogP contribution >= 0.6 is 0 Å². The largest absolute Gasteiger partial charge is 0.493 e. The van der Waals surface area contributed by atoms with Gasteiger partial charge < -0.3 is 19.5 Å². The van der Waals surface area contributed by atoms with Gasteiger partial charge in [0.2, 0.25) is 15.9 Å². The summed E-state index contributed by atoms with van der Waals surface area (Å²) in [6, 6.07) is 7.05. The molecule has 1 heterocycles. The topological polar surface area (TPSA) is 124 Å². The monoisotopic (exact) mass is 451 g/mol. The minimum absolute atomic E-state index is 0.0312. The first-order valence-corrected chi connectivity index (χ1v) is 10.6. The molecule has 11 heteroatoms. The highest BCUT2D eigenvalue weighted by Gasteiger charge is 2.26. The number of nitrogens with one attached hydrogen (secondary N) is 1. The summed E-state index contributed by atoms with van der Waals surface area (Å²) in [7, 11) is 1.58. The second kappa shape index (κ2) is 10.7. The molecule has 0 spiro atoms. The number of esters is 1. The molecule has 0 saturated carbocycles. The number of nitrogens with zero attached hydrogens (tertiary/aromatic N) is 2. The molecular formula is C20H25N3O7S. The predicted molar refractivity (Wildman–Crippen MR) is 111 cm³/mol. The fourth-order valence-electron chi connectivity index (χ4n) is 2.78. The molecule has 31 heavy (non-hydrogen) atoms. The Hall–Kier alpha value is -3.18. The van der Waals surface area contributed by atoms with Crippen LogP contribution in [0.15, 0.2) is 47.6 Å². The summed E-state index contributed by atoms with van der Waals surface area (Å²) >= 11 is 0. The quantitative estimate of drug-likeness (QED) is 0.533. The maximum absolute atomic E-state index is 12.6. The van der Waals surface area contributed by atoms with Crippen molar-refractivity contribution in [2.75, 3.05) is 34.9 Å². The van der Waals surface area contributed by atoms with Crippen LogP contribution in [0.5, 0.6) is 11.5 Å². The van der Waals surface area contributed by atoms with Crippen LogP contribution in [0.3, 0.4) is 0 Å². The highest BCUT2D eigenvalue weighted by atomic mass is 32.2. The van der Waals surface area contributed by atoms with Gasteiger partial charge in [0.05, 0.1) is 40.3 Å². The number of benzene rings is 1. The molecule has 0 saturated heterocycles. The Bertz CT molecular complexity index is 1010. The number of likely N-dealkylation sites (N-methyl/N-ethyl adjacent to an activating group) is 1. The highest BCUT2D eigenvalue weighted by Crippen LogP contribution is 2.31. The summed E-state index contributed by atoms with van der Waals surface area (Å²) in [5, 5.41) is 2.68. The molecule has 0 bridgehead atoms. The van der Waals surface area contributed by atoms with Crippen LogP contribution in [-0.4, -0.2) is 64.5 Å². The van der Waals surface area contributed by atoms with Crippen molar-refractivity contribution in [1.29, 1.82) is 0 Å². The van der Waals surface area contributed by atoms with Gasteiger partial charge in [-0.3, -0.25) is 14.6 Å². The normalized spacial score (nSPS) is 12.2. The Kier molecular flexibility index (Phi) is 8.34. The average molecular weight is 452 g/mol. The molecule has 168 valence electrons. The summed E-state index contributed by atoms with van der Waals surface area (Å²) in [6.07, 6.45) is 2.50. The summed E-state index contributed by atoms with van der Waals surface area (Å²) in [6.45, 7) is -0.456. The molecule has 0 radical (unpaired) electrons. The van der Waals surface area contributed by atoms with Crippen LogP contribution in [0.4, 0.5) is 0 Å². The van der Waals surface area contributed by atoms with Crippen LogP contribution < -0.4 is 14.8 Å². The van der Waals surface area contributed by atoms with Gasteiger partial charge in [-0.25, -0.2) is 8.42 Å². The minimum atomic E-state index is -3.90. The number of methoxy groups -OCH3 is 3. The number of carbonyl (C=O) groups is 2. The van der Waals surface area contributed by atoms with E-state index in [1.807, 2.05) is 0 Å². The van der Waals surface area contributed by atoms with E-state index in [9.17, 15) is 18.0 Å². The van der Waals surface area contributed by atoms with E-state index >= 15 is 0 Å². The van der Waals surface area contributed by atoms with Gasteiger partial charge in [-0.05, 0) is 29.8 Å². The second-order valence-corrected chi connectivity index (χ2v) is 8.51. The first kappa shape index (κ1) is 24.1.